The van der Waals surface area contributed by atoms with Crippen LogP contribution in [-0.2, 0) is 11.3 Å². The number of allylic oxidation sites excluding steroid dienone is 1. The molecular weight excluding hydrogens is 186 g/mol. The molecule has 0 N–H and O–H groups in total. The molecule has 2 nitrogen and oxygen atoms in total. The van der Waals surface area contributed by atoms with Crippen LogP contribution in [0.2, 0.25) is 0 Å². The fourth-order valence-corrected chi connectivity index (χ4v) is 1.39. The highest BCUT2D eigenvalue weighted by molar-refractivity contribution is 5.87. The lowest BCUT2D eigenvalue weighted by Crippen LogP contribution is -2.24. The number of benzene rings is 1. The lowest BCUT2D eigenvalue weighted by atomic mass is 10.1. The van der Waals surface area contributed by atoms with E-state index in [9.17, 15) is 4.79 Å². The molecule has 0 aliphatic rings. The van der Waals surface area contributed by atoms with Crippen LogP contribution in [0.3, 0.4) is 0 Å². The van der Waals surface area contributed by atoms with E-state index in [0.717, 1.165) is 0 Å². The Bertz CT molecular complexity index is 369. The Hall–Kier alpha value is -1.57. The van der Waals surface area contributed by atoms with Gasteiger partial charge in [0.25, 0.3) is 0 Å². The van der Waals surface area contributed by atoms with Crippen LogP contribution in [0, 0.1) is 6.92 Å². The molecule has 0 aromatic heterocycles. The summed E-state index contributed by atoms with van der Waals surface area (Å²) in [7, 11) is 1.81. The smallest absolute Gasteiger partial charge is 0.246 e. The minimum absolute atomic E-state index is 0.0424. The van der Waals surface area contributed by atoms with Gasteiger partial charge in [-0.3, -0.25) is 4.79 Å². The maximum Gasteiger partial charge on any atom is 0.246 e. The zero-order chi connectivity index (χ0) is 11.3. The molecular formula is C13H17NO. The average Bonchev–Trinajstić information content (AvgIpc) is 2.21. The van der Waals surface area contributed by atoms with Gasteiger partial charge in [0, 0.05) is 13.6 Å². The van der Waals surface area contributed by atoms with Crippen molar-refractivity contribution in [3.05, 3.63) is 47.5 Å². The van der Waals surface area contributed by atoms with Gasteiger partial charge in [0.2, 0.25) is 5.91 Å². The van der Waals surface area contributed by atoms with Gasteiger partial charge < -0.3 is 4.90 Å². The van der Waals surface area contributed by atoms with E-state index in [-0.39, 0.29) is 5.91 Å². The van der Waals surface area contributed by atoms with Crippen molar-refractivity contribution < 1.29 is 4.79 Å². The first-order valence-electron chi connectivity index (χ1n) is 5.07. The number of nitrogens with zero attached hydrogens (tertiary/aromatic N) is 1. The lowest BCUT2D eigenvalue weighted by molar-refractivity contribution is -0.125. The molecule has 0 aliphatic carbocycles. The van der Waals surface area contributed by atoms with Crippen molar-refractivity contribution in [2.75, 3.05) is 7.05 Å². The number of amides is 1. The molecule has 0 atom stereocenters. The first-order chi connectivity index (χ1) is 7.15. The standard InChI is InChI=1S/C13H17NO/c1-4-7-13(15)14(3)10-12-9-6-5-8-11(12)2/h4-9H,10H2,1-3H3. The Morgan fingerprint density at radius 3 is 2.67 bits per heavy atom. The van der Waals surface area contributed by atoms with E-state index in [1.54, 1.807) is 17.1 Å². The van der Waals surface area contributed by atoms with Crippen LogP contribution in [0.25, 0.3) is 0 Å². The molecule has 2 heteroatoms. The van der Waals surface area contributed by atoms with E-state index in [4.69, 9.17) is 0 Å². The van der Waals surface area contributed by atoms with Gasteiger partial charge in [-0.15, -0.1) is 0 Å². The quantitative estimate of drug-likeness (QED) is 0.691. The molecule has 80 valence electrons. The number of hydrogen-bond acceptors (Lipinski definition) is 1. The second-order valence-corrected chi connectivity index (χ2v) is 3.62. The molecule has 1 amide bonds. The maximum atomic E-state index is 11.5. The minimum Gasteiger partial charge on any atom is -0.338 e. The fraction of sp³-hybridized carbons (Fsp3) is 0.308. The number of hydrogen-bond donors (Lipinski definition) is 0. The lowest BCUT2D eigenvalue weighted by Gasteiger charge is -2.16. The fourth-order valence-electron chi connectivity index (χ4n) is 1.39. The van der Waals surface area contributed by atoms with Crippen molar-refractivity contribution in [2.45, 2.75) is 20.4 Å². The van der Waals surface area contributed by atoms with Gasteiger partial charge in [0.05, 0.1) is 0 Å². The van der Waals surface area contributed by atoms with Crippen molar-refractivity contribution in [1.29, 1.82) is 0 Å². The minimum atomic E-state index is 0.0424. The molecule has 1 aromatic carbocycles. The average molecular weight is 203 g/mol. The van der Waals surface area contributed by atoms with E-state index in [0.29, 0.717) is 6.54 Å². The monoisotopic (exact) mass is 203 g/mol. The summed E-state index contributed by atoms with van der Waals surface area (Å²) in [6.45, 7) is 4.57. The summed E-state index contributed by atoms with van der Waals surface area (Å²) in [5.74, 6) is 0.0424. The van der Waals surface area contributed by atoms with Crippen LogP contribution in [0.5, 0.6) is 0 Å². The summed E-state index contributed by atoms with van der Waals surface area (Å²) in [6.07, 6.45) is 3.34. The van der Waals surface area contributed by atoms with Gasteiger partial charge in [-0.25, -0.2) is 0 Å². The Balaban J connectivity index is 2.70. The second-order valence-electron chi connectivity index (χ2n) is 3.62. The molecule has 0 unspecified atom stereocenters. The zero-order valence-electron chi connectivity index (χ0n) is 9.53. The highest BCUT2D eigenvalue weighted by Crippen LogP contribution is 2.09. The van der Waals surface area contributed by atoms with E-state index < -0.39 is 0 Å². The highest BCUT2D eigenvalue weighted by Gasteiger charge is 2.06. The number of likely N-dealkylation sites (N-methyl/N-ethyl adjacent to an activating group) is 1. The van der Waals surface area contributed by atoms with Crippen LogP contribution in [0.15, 0.2) is 36.4 Å². The molecule has 0 radical (unpaired) electrons. The molecule has 1 rings (SSSR count). The molecule has 0 aliphatic heterocycles. The van der Waals surface area contributed by atoms with Crippen LogP contribution in [-0.4, -0.2) is 17.9 Å². The molecule has 0 bridgehead atoms. The van der Waals surface area contributed by atoms with Crippen LogP contribution in [0.4, 0.5) is 0 Å². The van der Waals surface area contributed by atoms with E-state index >= 15 is 0 Å². The van der Waals surface area contributed by atoms with Gasteiger partial charge in [-0.2, -0.15) is 0 Å². The molecule has 0 heterocycles. The van der Waals surface area contributed by atoms with Crippen molar-refractivity contribution >= 4 is 5.91 Å². The van der Waals surface area contributed by atoms with E-state index in [1.807, 2.05) is 26.1 Å². The van der Waals surface area contributed by atoms with Crippen molar-refractivity contribution in [3.8, 4) is 0 Å². The largest absolute Gasteiger partial charge is 0.338 e. The highest BCUT2D eigenvalue weighted by atomic mass is 16.2. The van der Waals surface area contributed by atoms with Gasteiger partial charge in [-0.1, -0.05) is 30.3 Å². The summed E-state index contributed by atoms with van der Waals surface area (Å²) in [5, 5.41) is 0. The summed E-state index contributed by atoms with van der Waals surface area (Å²) in [6, 6.07) is 8.11. The van der Waals surface area contributed by atoms with Gasteiger partial charge in [0.1, 0.15) is 0 Å². The SMILES string of the molecule is CC=CC(=O)N(C)Cc1ccccc1C. The number of carbonyl (C=O) groups excluding carboxylic acids is 1. The maximum absolute atomic E-state index is 11.5. The molecule has 0 saturated heterocycles. The Morgan fingerprint density at radius 1 is 1.40 bits per heavy atom. The third-order valence-electron chi connectivity index (χ3n) is 2.35. The van der Waals surface area contributed by atoms with Gasteiger partial charge >= 0.3 is 0 Å². The van der Waals surface area contributed by atoms with Gasteiger partial charge in [-0.05, 0) is 31.1 Å². The summed E-state index contributed by atoms with van der Waals surface area (Å²) in [4.78, 5) is 13.2. The second kappa shape index (κ2) is 5.35. The van der Waals surface area contributed by atoms with Crippen molar-refractivity contribution in [3.63, 3.8) is 0 Å². The Labute approximate surface area is 91.2 Å². The Morgan fingerprint density at radius 2 is 2.07 bits per heavy atom. The third-order valence-corrected chi connectivity index (χ3v) is 2.35. The summed E-state index contributed by atoms with van der Waals surface area (Å²) >= 11 is 0. The summed E-state index contributed by atoms with van der Waals surface area (Å²) < 4.78 is 0. The molecule has 1 aromatic rings. The van der Waals surface area contributed by atoms with Crippen LogP contribution >= 0.6 is 0 Å². The molecule has 0 spiro atoms. The van der Waals surface area contributed by atoms with E-state index in [1.165, 1.54) is 11.1 Å². The van der Waals surface area contributed by atoms with Crippen LogP contribution < -0.4 is 0 Å². The Kier molecular flexibility index (Phi) is 4.10. The van der Waals surface area contributed by atoms with Crippen LogP contribution in [0.1, 0.15) is 18.1 Å². The predicted molar refractivity (Wildman–Crippen MR) is 62.5 cm³/mol. The normalized spacial score (nSPS) is 10.6. The number of carbonyl (C=O) groups is 1. The number of aryl methyl sites for hydroxylation is 1. The number of rotatable bonds is 3. The van der Waals surface area contributed by atoms with E-state index in [2.05, 4.69) is 19.1 Å². The molecule has 0 fully saturated rings. The molecule has 15 heavy (non-hydrogen) atoms. The summed E-state index contributed by atoms with van der Waals surface area (Å²) in [5.41, 5.74) is 2.41. The molecule has 0 saturated carbocycles. The zero-order valence-corrected chi connectivity index (χ0v) is 9.53. The van der Waals surface area contributed by atoms with Gasteiger partial charge in [0.15, 0.2) is 0 Å². The topological polar surface area (TPSA) is 20.3 Å². The first-order valence-corrected chi connectivity index (χ1v) is 5.07. The van der Waals surface area contributed by atoms with Crippen molar-refractivity contribution in [1.82, 2.24) is 4.90 Å². The third kappa shape index (κ3) is 3.24. The predicted octanol–water partition coefficient (Wildman–Crippen LogP) is 2.53. The van der Waals surface area contributed by atoms with Crippen molar-refractivity contribution in [2.24, 2.45) is 0 Å². The first kappa shape index (κ1) is 11.5.